The number of aromatic nitrogens is 3. The summed E-state index contributed by atoms with van der Waals surface area (Å²) in [6.07, 6.45) is 1.91. The summed E-state index contributed by atoms with van der Waals surface area (Å²) in [5.41, 5.74) is 8.58. The van der Waals surface area contributed by atoms with Crippen LogP contribution in [-0.4, -0.2) is 21.5 Å². The zero-order chi connectivity index (χ0) is 11.5. The molecule has 5 heteroatoms. The van der Waals surface area contributed by atoms with Gasteiger partial charge < -0.3 is 5.73 Å². The molecule has 0 bridgehead atoms. The van der Waals surface area contributed by atoms with Crippen LogP contribution in [0.3, 0.4) is 0 Å². The molecule has 1 heterocycles. The van der Waals surface area contributed by atoms with Crippen LogP contribution >= 0.6 is 15.9 Å². The second-order valence-corrected chi connectivity index (χ2v) is 4.49. The first-order valence-electron chi connectivity index (χ1n) is 5.07. The van der Waals surface area contributed by atoms with Crippen molar-refractivity contribution in [3.8, 4) is 11.3 Å². The van der Waals surface area contributed by atoms with E-state index < -0.39 is 0 Å². The lowest BCUT2D eigenvalue weighted by Gasteiger charge is -2.01. The minimum atomic E-state index is 0.567. The van der Waals surface area contributed by atoms with Gasteiger partial charge in [-0.1, -0.05) is 33.3 Å². The minimum Gasteiger partial charge on any atom is -0.329 e. The minimum absolute atomic E-state index is 0.567. The number of halogens is 1. The van der Waals surface area contributed by atoms with Crippen LogP contribution in [0.25, 0.3) is 11.3 Å². The number of nitrogens with two attached hydrogens (primary N) is 1. The van der Waals surface area contributed by atoms with E-state index in [1.54, 1.807) is 4.68 Å². The van der Waals surface area contributed by atoms with E-state index >= 15 is 0 Å². The van der Waals surface area contributed by atoms with E-state index in [1.807, 2.05) is 12.3 Å². The molecule has 2 aromatic rings. The topological polar surface area (TPSA) is 56.7 Å². The van der Waals surface area contributed by atoms with Crippen LogP contribution in [0.1, 0.15) is 5.56 Å². The van der Waals surface area contributed by atoms with Crippen molar-refractivity contribution in [2.24, 2.45) is 5.73 Å². The second kappa shape index (κ2) is 4.76. The average molecular weight is 281 g/mol. The number of rotatable bonds is 3. The van der Waals surface area contributed by atoms with Gasteiger partial charge in [-0.3, -0.25) is 4.68 Å². The second-order valence-electron chi connectivity index (χ2n) is 3.64. The monoisotopic (exact) mass is 280 g/mol. The highest BCUT2D eigenvalue weighted by Gasteiger charge is 2.07. The maximum atomic E-state index is 5.46. The number of nitrogens with zero attached hydrogens (tertiary/aromatic N) is 3. The summed E-state index contributed by atoms with van der Waals surface area (Å²) in [7, 11) is 0. The summed E-state index contributed by atoms with van der Waals surface area (Å²) in [4.78, 5) is 0. The van der Waals surface area contributed by atoms with Crippen LogP contribution in [0.15, 0.2) is 28.9 Å². The van der Waals surface area contributed by atoms with Crippen LogP contribution in [0, 0.1) is 6.92 Å². The third-order valence-corrected chi connectivity index (χ3v) is 2.95. The van der Waals surface area contributed by atoms with Gasteiger partial charge in [-0.2, -0.15) is 0 Å². The first-order chi connectivity index (χ1) is 7.70. The van der Waals surface area contributed by atoms with Gasteiger partial charge in [0.2, 0.25) is 0 Å². The van der Waals surface area contributed by atoms with Crippen molar-refractivity contribution in [2.75, 3.05) is 6.54 Å². The predicted octanol–water partition coefficient (Wildman–Crippen LogP) is 1.97. The zero-order valence-electron chi connectivity index (χ0n) is 9.02. The summed E-state index contributed by atoms with van der Waals surface area (Å²) >= 11 is 3.53. The van der Waals surface area contributed by atoms with Gasteiger partial charge in [0.05, 0.1) is 12.7 Å². The first-order valence-corrected chi connectivity index (χ1v) is 5.86. The Balaban J connectivity index is 2.35. The molecule has 16 heavy (non-hydrogen) atoms. The van der Waals surface area contributed by atoms with E-state index in [0.29, 0.717) is 13.1 Å². The smallest absolute Gasteiger partial charge is 0.114 e. The highest BCUT2D eigenvalue weighted by Crippen LogP contribution is 2.27. The van der Waals surface area contributed by atoms with Crippen molar-refractivity contribution in [2.45, 2.75) is 13.5 Å². The van der Waals surface area contributed by atoms with Crippen molar-refractivity contribution in [3.05, 3.63) is 34.4 Å². The molecule has 84 valence electrons. The molecule has 0 fully saturated rings. The fraction of sp³-hybridized carbons (Fsp3) is 0.273. The molecule has 0 saturated carbocycles. The van der Waals surface area contributed by atoms with Crippen LogP contribution < -0.4 is 5.73 Å². The molecule has 1 aromatic heterocycles. The fourth-order valence-electron chi connectivity index (χ4n) is 1.49. The molecule has 0 aliphatic rings. The molecule has 0 saturated heterocycles. The lowest BCUT2D eigenvalue weighted by atomic mass is 10.1. The lowest BCUT2D eigenvalue weighted by molar-refractivity contribution is 0.598. The maximum Gasteiger partial charge on any atom is 0.114 e. The van der Waals surface area contributed by atoms with E-state index in [1.165, 1.54) is 5.56 Å². The van der Waals surface area contributed by atoms with Crippen LogP contribution in [0.2, 0.25) is 0 Å². The quantitative estimate of drug-likeness (QED) is 0.935. The van der Waals surface area contributed by atoms with E-state index in [2.05, 4.69) is 45.3 Å². The number of hydrogen-bond donors (Lipinski definition) is 1. The van der Waals surface area contributed by atoms with E-state index in [9.17, 15) is 0 Å². The van der Waals surface area contributed by atoms with Crippen molar-refractivity contribution in [1.29, 1.82) is 0 Å². The van der Waals surface area contributed by atoms with Crippen LogP contribution in [0.4, 0.5) is 0 Å². The molecular formula is C11H13BrN4. The first kappa shape index (κ1) is 11.3. The van der Waals surface area contributed by atoms with Crippen molar-refractivity contribution in [1.82, 2.24) is 15.0 Å². The Kier molecular flexibility index (Phi) is 3.36. The van der Waals surface area contributed by atoms with E-state index in [0.717, 1.165) is 15.7 Å². The van der Waals surface area contributed by atoms with Crippen LogP contribution in [-0.2, 0) is 6.54 Å². The number of hydrogen-bond acceptors (Lipinski definition) is 3. The normalized spacial score (nSPS) is 10.7. The third kappa shape index (κ3) is 2.31. The van der Waals surface area contributed by atoms with Gasteiger partial charge >= 0.3 is 0 Å². The lowest BCUT2D eigenvalue weighted by Crippen LogP contribution is -2.10. The van der Waals surface area contributed by atoms with Gasteiger partial charge in [-0.05, 0) is 18.6 Å². The van der Waals surface area contributed by atoms with Gasteiger partial charge in [0.1, 0.15) is 5.69 Å². The van der Waals surface area contributed by atoms with Gasteiger partial charge in [-0.15, -0.1) is 5.10 Å². The summed E-state index contributed by atoms with van der Waals surface area (Å²) in [5, 5.41) is 8.13. The number of benzene rings is 1. The molecule has 0 aliphatic heterocycles. The average Bonchev–Trinajstić information content (AvgIpc) is 2.67. The SMILES string of the molecule is Cc1ccc(-c2cn(CCN)nn2)c(Br)c1. The van der Waals surface area contributed by atoms with Gasteiger partial charge in [0, 0.05) is 16.6 Å². The Morgan fingerprint density at radius 2 is 2.25 bits per heavy atom. The van der Waals surface area contributed by atoms with E-state index in [4.69, 9.17) is 5.73 Å². The van der Waals surface area contributed by atoms with Gasteiger partial charge in [-0.25, -0.2) is 0 Å². The van der Waals surface area contributed by atoms with Crippen molar-refractivity contribution in [3.63, 3.8) is 0 Å². The Bertz CT molecular complexity index is 492. The Hall–Kier alpha value is -1.20. The standard InChI is InChI=1S/C11H13BrN4/c1-8-2-3-9(10(12)6-8)11-7-16(5-4-13)15-14-11/h2-3,6-7H,4-5,13H2,1H3. The Labute approximate surface area is 103 Å². The molecule has 2 rings (SSSR count). The molecule has 0 unspecified atom stereocenters. The molecule has 0 spiro atoms. The predicted molar refractivity (Wildman–Crippen MR) is 66.9 cm³/mol. The highest BCUT2D eigenvalue weighted by molar-refractivity contribution is 9.10. The van der Waals surface area contributed by atoms with Gasteiger partial charge in [0.25, 0.3) is 0 Å². The highest BCUT2D eigenvalue weighted by atomic mass is 79.9. The summed E-state index contributed by atoms with van der Waals surface area (Å²) < 4.78 is 2.79. The fourth-order valence-corrected chi connectivity index (χ4v) is 2.19. The molecule has 0 amide bonds. The molecule has 1 aromatic carbocycles. The summed E-state index contributed by atoms with van der Waals surface area (Å²) in [5.74, 6) is 0. The van der Waals surface area contributed by atoms with Crippen molar-refractivity contribution < 1.29 is 0 Å². The molecule has 0 atom stereocenters. The summed E-state index contributed by atoms with van der Waals surface area (Å²) in [6.45, 7) is 3.31. The van der Waals surface area contributed by atoms with Crippen molar-refractivity contribution >= 4 is 15.9 Å². The molecule has 0 radical (unpaired) electrons. The third-order valence-electron chi connectivity index (χ3n) is 2.30. The maximum absolute atomic E-state index is 5.46. The zero-order valence-corrected chi connectivity index (χ0v) is 10.6. The molecular weight excluding hydrogens is 268 g/mol. The molecule has 2 N–H and O–H groups in total. The Morgan fingerprint density at radius 1 is 1.44 bits per heavy atom. The van der Waals surface area contributed by atoms with E-state index in [-0.39, 0.29) is 0 Å². The van der Waals surface area contributed by atoms with Gasteiger partial charge in [0.15, 0.2) is 0 Å². The van der Waals surface area contributed by atoms with Crippen LogP contribution in [0.5, 0.6) is 0 Å². The molecule has 0 aliphatic carbocycles. The largest absolute Gasteiger partial charge is 0.329 e. The molecule has 4 nitrogen and oxygen atoms in total. The Morgan fingerprint density at radius 3 is 2.94 bits per heavy atom. The number of aryl methyl sites for hydroxylation is 1. The summed E-state index contributed by atoms with van der Waals surface area (Å²) in [6, 6.07) is 6.16.